The summed E-state index contributed by atoms with van der Waals surface area (Å²) in [4.78, 5) is 32.5. The number of ketones is 1. The highest BCUT2D eigenvalue weighted by atomic mass is 19.1. The van der Waals surface area contributed by atoms with Crippen molar-refractivity contribution in [1.29, 1.82) is 0 Å². The molecule has 1 unspecified atom stereocenters. The smallest absolute Gasteiger partial charge is 0.230 e. The summed E-state index contributed by atoms with van der Waals surface area (Å²) in [6.07, 6.45) is 0.940. The fraction of sp³-hybridized carbons (Fsp3) is 0.192. The molecule has 0 N–H and O–H groups in total. The van der Waals surface area contributed by atoms with Crippen LogP contribution in [-0.4, -0.2) is 25.6 Å². The number of hydrogen-bond acceptors (Lipinski definition) is 4. The van der Waals surface area contributed by atoms with Gasteiger partial charge >= 0.3 is 0 Å². The normalized spacial score (nSPS) is 14.1. The van der Waals surface area contributed by atoms with Gasteiger partial charge in [0, 0.05) is 17.7 Å². The van der Waals surface area contributed by atoms with Crippen LogP contribution in [0.5, 0.6) is 5.75 Å². The summed E-state index contributed by atoms with van der Waals surface area (Å²) in [7, 11) is 1.62. The zero-order chi connectivity index (χ0) is 24.4. The van der Waals surface area contributed by atoms with Crippen molar-refractivity contribution in [3.05, 3.63) is 95.6 Å². The van der Waals surface area contributed by atoms with E-state index in [4.69, 9.17) is 9.53 Å². The van der Waals surface area contributed by atoms with Gasteiger partial charge in [0.25, 0.3) is 0 Å². The van der Waals surface area contributed by atoms with E-state index in [0.717, 1.165) is 17.0 Å². The van der Waals surface area contributed by atoms with E-state index < -0.39 is 0 Å². The maximum atomic E-state index is 13.0. The van der Waals surface area contributed by atoms with Crippen molar-refractivity contribution in [3.63, 3.8) is 0 Å². The Morgan fingerprint density at radius 1 is 0.939 bits per heavy atom. The highest BCUT2D eigenvalue weighted by Crippen LogP contribution is 2.39. The fourth-order valence-corrected chi connectivity index (χ4v) is 3.27. The standard InChI is InChI=1S/C16H14FNO2.C9H9FO.CH2O/c1-20-14-8-2-11(3-9-14)15-10-16(19)18(15)13-6-4-12(17)5-7-13;1-2-9(11)7-3-5-8(10)6-4-7;1-2/h2-9,15H,10H2,1H3;3-6H,2H2,1H3;1H2. The number of rotatable bonds is 5. The van der Waals surface area contributed by atoms with E-state index >= 15 is 0 Å². The predicted molar refractivity (Wildman–Crippen MR) is 122 cm³/mol. The minimum absolute atomic E-state index is 0.0128. The first-order valence-electron chi connectivity index (χ1n) is 10.2. The lowest BCUT2D eigenvalue weighted by atomic mass is 9.93. The minimum Gasteiger partial charge on any atom is -0.497 e. The second-order valence-corrected chi connectivity index (χ2v) is 7.02. The molecule has 4 rings (SSSR count). The summed E-state index contributed by atoms with van der Waals surface area (Å²) in [5.41, 5.74) is 2.35. The summed E-state index contributed by atoms with van der Waals surface area (Å²) >= 11 is 0. The first-order chi connectivity index (χ1) is 15.9. The molecule has 1 fully saturated rings. The Hall–Kier alpha value is -3.87. The van der Waals surface area contributed by atoms with Gasteiger partial charge in [-0.25, -0.2) is 8.78 Å². The predicted octanol–water partition coefficient (Wildman–Crippen LogP) is 5.55. The van der Waals surface area contributed by atoms with Gasteiger partial charge in [0.05, 0.1) is 19.6 Å². The van der Waals surface area contributed by atoms with E-state index in [9.17, 15) is 18.4 Å². The summed E-state index contributed by atoms with van der Waals surface area (Å²) < 4.78 is 30.4. The van der Waals surface area contributed by atoms with Crippen LogP contribution in [0, 0.1) is 11.6 Å². The number of amides is 1. The Morgan fingerprint density at radius 3 is 1.91 bits per heavy atom. The number of carbonyl (C=O) groups is 3. The summed E-state index contributed by atoms with van der Waals surface area (Å²) in [6, 6.07) is 19.2. The lowest BCUT2D eigenvalue weighted by Crippen LogP contribution is -2.46. The van der Waals surface area contributed by atoms with Gasteiger partial charge in [0.2, 0.25) is 5.91 Å². The van der Waals surface area contributed by atoms with Crippen molar-refractivity contribution >= 4 is 24.2 Å². The highest BCUT2D eigenvalue weighted by Gasteiger charge is 2.38. The largest absolute Gasteiger partial charge is 0.497 e. The molecule has 1 saturated heterocycles. The van der Waals surface area contributed by atoms with Gasteiger partial charge in [0.15, 0.2) is 5.78 Å². The van der Waals surface area contributed by atoms with Gasteiger partial charge in [0.1, 0.15) is 24.2 Å². The van der Waals surface area contributed by atoms with E-state index in [-0.39, 0.29) is 29.4 Å². The van der Waals surface area contributed by atoms with Crippen LogP contribution < -0.4 is 9.64 Å². The van der Waals surface area contributed by atoms with E-state index in [1.165, 1.54) is 36.4 Å². The Bertz CT molecular complexity index is 1050. The van der Waals surface area contributed by atoms with Gasteiger partial charge in [-0.3, -0.25) is 9.59 Å². The van der Waals surface area contributed by atoms with Crippen molar-refractivity contribution in [2.45, 2.75) is 25.8 Å². The first-order valence-corrected chi connectivity index (χ1v) is 10.2. The lowest BCUT2D eigenvalue weighted by molar-refractivity contribution is -0.124. The molecular formula is C26H25F2NO4. The Labute approximate surface area is 191 Å². The van der Waals surface area contributed by atoms with Crippen LogP contribution in [0.4, 0.5) is 14.5 Å². The zero-order valence-electron chi connectivity index (χ0n) is 18.5. The van der Waals surface area contributed by atoms with Gasteiger partial charge < -0.3 is 14.4 Å². The monoisotopic (exact) mass is 453 g/mol. The van der Waals surface area contributed by atoms with Crippen molar-refractivity contribution < 1.29 is 27.9 Å². The maximum Gasteiger partial charge on any atom is 0.230 e. The number of benzene rings is 3. The van der Waals surface area contributed by atoms with E-state index in [2.05, 4.69) is 0 Å². The molecule has 0 bridgehead atoms. The number of carbonyl (C=O) groups excluding carboxylic acids is 3. The van der Waals surface area contributed by atoms with Crippen molar-refractivity contribution in [1.82, 2.24) is 0 Å². The second-order valence-electron chi connectivity index (χ2n) is 7.02. The van der Waals surface area contributed by atoms with Gasteiger partial charge in [-0.15, -0.1) is 0 Å². The number of halogens is 2. The highest BCUT2D eigenvalue weighted by molar-refractivity contribution is 6.01. The molecule has 5 nitrogen and oxygen atoms in total. The maximum absolute atomic E-state index is 13.0. The Morgan fingerprint density at radius 2 is 1.45 bits per heavy atom. The second kappa shape index (κ2) is 12.2. The van der Waals surface area contributed by atoms with E-state index in [1.54, 1.807) is 31.1 Å². The number of ether oxygens (including phenoxy) is 1. The number of Topliss-reactive ketones (excluding diaryl/α,β-unsaturated/α-hetero) is 1. The van der Waals surface area contributed by atoms with Crippen LogP contribution in [0.3, 0.4) is 0 Å². The van der Waals surface area contributed by atoms with Crippen LogP contribution in [0.2, 0.25) is 0 Å². The molecule has 0 radical (unpaired) electrons. The third-order valence-corrected chi connectivity index (χ3v) is 5.04. The van der Waals surface area contributed by atoms with Crippen LogP contribution in [0.15, 0.2) is 72.8 Å². The molecule has 1 amide bonds. The molecule has 0 saturated carbocycles. The zero-order valence-corrected chi connectivity index (χ0v) is 18.5. The molecule has 1 atom stereocenters. The van der Waals surface area contributed by atoms with E-state index in [0.29, 0.717) is 18.4 Å². The Balaban J connectivity index is 0.000000252. The van der Waals surface area contributed by atoms with Crippen molar-refractivity contribution in [2.75, 3.05) is 12.0 Å². The summed E-state index contributed by atoms with van der Waals surface area (Å²) in [5, 5.41) is 0. The average Bonchev–Trinajstić information content (AvgIpc) is 2.85. The SMILES string of the molecule is C=O.CCC(=O)c1ccc(F)cc1.COc1ccc(C2CC(=O)N2c2ccc(F)cc2)cc1. The molecule has 3 aromatic carbocycles. The number of hydrogen-bond donors (Lipinski definition) is 0. The van der Waals surface area contributed by atoms with Gasteiger partial charge in [-0.1, -0.05) is 19.1 Å². The van der Waals surface area contributed by atoms with Gasteiger partial charge in [-0.05, 0) is 66.2 Å². The molecule has 1 aliphatic heterocycles. The number of anilines is 1. The third-order valence-electron chi connectivity index (χ3n) is 5.04. The quantitative estimate of drug-likeness (QED) is 0.376. The summed E-state index contributed by atoms with van der Waals surface area (Å²) in [5.74, 6) is 0.274. The van der Waals surface area contributed by atoms with E-state index in [1.807, 2.05) is 31.1 Å². The lowest BCUT2D eigenvalue weighted by Gasteiger charge is -2.40. The Kier molecular flexibility index (Phi) is 9.42. The molecule has 172 valence electrons. The van der Waals surface area contributed by atoms with Crippen molar-refractivity contribution in [2.24, 2.45) is 0 Å². The molecule has 33 heavy (non-hydrogen) atoms. The number of nitrogens with zero attached hydrogens (tertiary/aromatic N) is 1. The molecule has 1 aliphatic rings. The van der Waals surface area contributed by atoms with Crippen LogP contribution in [-0.2, 0) is 9.59 Å². The molecule has 0 aromatic heterocycles. The number of methoxy groups -OCH3 is 1. The fourth-order valence-electron chi connectivity index (χ4n) is 3.27. The molecule has 1 heterocycles. The minimum atomic E-state index is -0.308. The average molecular weight is 453 g/mol. The summed E-state index contributed by atoms with van der Waals surface area (Å²) in [6.45, 7) is 3.78. The number of β-lactam (4-membered cyclic amide) rings is 1. The molecule has 7 heteroatoms. The van der Waals surface area contributed by atoms with Gasteiger partial charge in [-0.2, -0.15) is 0 Å². The molecule has 3 aromatic rings. The molecular weight excluding hydrogens is 428 g/mol. The molecule has 0 aliphatic carbocycles. The van der Waals surface area contributed by atoms with Crippen molar-refractivity contribution in [3.8, 4) is 5.75 Å². The molecule has 0 spiro atoms. The first kappa shape index (κ1) is 25.4. The topological polar surface area (TPSA) is 63.7 Å². The third kappa shape index (κ3) is 6.55. The van der Waals surface area contributed by atoms with Crippen LogP contribution in [0.1, 0.15) is 41.7 Å². The van der Waals surface area contributed by atoms with Crippen LogP contribution in [0.25, 0.3) is 0 Å². The van der Waals surface area contributed by atoms with Crippen LogP contribution >= 0.6 is 0 Å².